The molecule has 2 nitrogen and oxygen atoms in total. The molecule has 0 spiro atoms. The quantitative estimate of drug-likeness (QED) is 0.789. The normalized spacial score (nSPS) is 33.4. The average Bonchev–Trinajstić information content (AvgIpc) is 3.21. The fourth-order valence-corrected chi connectivity index (χ4v) is 3.61. The molecule has 17 heavy (non-hydrogen) atoms. The highest BCUT2D eigenvalue weighted by atomic mass is 15.1. The van der Waals surface area contributed by atoms with Crippen molar-refractivity contribution < 1.29 is 0 Å². The maximum absolute atomic E-state index is 3.90. The Morgan fingerprint density at radius 2 is 1.94 bits per heavy atom. The molecule has 3 aliphatic rings. The Kier molecular flexibility index (Phi) is 3.45. The topological polar surface area (TPSA) is 15.3 Å². The van der Waals surface area contributed by atoms with Crippen LogP contribution < -0.4 is 5.32 Å². The van der Waals surface area contributed by atoms with Crippen LogP contribution in [-0.2, 0) is 0 Å². The van der Waals surface area contributed by atoms with E-state index in [-0.39, 0.29) is 0 Å². The molecule has 2 heteroatoms. The molecule has 0 amide bonds. The molecule has 98 valence electrons. The van der Waals surface area contributed by atoms with Gasteiger partial charge in [-0.3, -0.25) is 0 Å². The van der Waals surface area contributed by atoms with E-state index in [1.54, 1.807) is 0 Å². The number of rotatable bonds is 5. The lowest BCUT2D eigenvalue weighted by Gasteiger charge is -2.22. The number of hydrogen-bond acceptors (Lipinski definition) is 2. The van der Waals surface area contributed by atoms with E-state index < -0.39 is 0 Å². The highest BCUT2D eigenvalue weighted by molar-refractivity contribution is 5.05. The van der Waals surface area contributed by atoms with E-state index in [0.717, 1.165) is 17.4 Å². The molecule has 0 aromatic rings. The molecule has 1 saturated heterocycles. The molecule has 0 radical (unpaired) electrons. The summed E-state index contributed by atoms with van der Waals surface area (Å²) in [7, 11) is 0. The van der Waals surface area contributed by atoms with E-state index in [9.17, 15) is 0 Å². The van der Waals surface area contributed by atoms with Gasteiger partial charge < -0.3 is 10.2 Å². The van der Waals surface area contributed by atoms with E-state index in [0.29, 0.717) is 0 Å². The third-order valence-electron chi connectivity index (χ3n) is 5.35. The Morgan fingerprint density at radius 3 is 2.59 bits per heavy atom. The lowest BCUT2D eigenvalue weighted by Crippen LogP contribution is -2.35. The second-order valence-electron chi connectivity index (χ2n) is 6.58. The Balaban J connectivity index is 1.42. The summed E-state index contributed by atoms with van der Waals surface area (Å²) in [6, 6.07) is 0.808. The molecule has 0 bridgehead atoms. The van der Waals surface area contributed by atoms with Crippen LogP contribution >= 0.6 is 0 Å². The van der Waals surface area contributed by atoms with E-state index in [1.807, 2.05) is 0 Å². The molecule has 3 fully saturated rings. The summed E-state index contributed by atoms with van der Waals surface area (Å²) in [4.78, 5) is 2.61. The standard InChI is InChI=1S/C15H28N2/c1-2-17-10-3-4-14(7-11-17)16-12-15(8-9-15)13-5-6-13/h13-14,16H,2-12H2,1H3. The van der Waals surface area contributed by atoms with Crippen molar-refractivity contribution in [1.29, 1.82) is 0 Å². The van der Waals surface area contributed by atoms with Gasteiger partial charge in [0.2, 0.25) is 0 Å². The SMILES string of the molecule is CCN1CCCC(NCC2(C3CC3)CC2)CC1. The first kappa shape index (κ1) is 12.0. The Bertz CT molecular complexity index is 256. The lowest BCUT2D eigenvalue weighted by atomic mass is 9.99. The summed E-state index contributed by atoms with van der Waals surface area (Å²) in [5.41, 5.74) is 0.775. The van der Waals surface area contributed by atoms with Gasteiger partial charge in [-0.25, -0.2) is 0 Å². The fraction of sp³-hybridized carbons (Fsp3) is 1.00. The number of hydrogen-bond donors (Lipinski definition) is 1. The Morgan fingerprint density at radius 1 is 1.12 bits per heavy atom. The maximum atomic E-state index is 3.90. The molecule has 1 N–H and O–H groups in total. The van der Waals surface area contributed by atoms with Crippen molar-refractivity contribution in [3.8, 4) is 0 Å². The predicted molar refractivity (Wildman–Crippen MR) is 72.1 cm³/mol. The van der Waals surface area contributed by atoms with Gasteiger partial charge >= 0.3 is 0 Å². The van der Waals surface area contributed by atoms with Crippen LogP contribution in [0.2, 0.25) is 0 Å². The molecule has 3 rings (SSSR count). The van der Waals surface area contributed by atoms with Gasteiger partial charge in [-0.1, -0.05) is 6.92 Å². The molecule has 1 unspecified atom stereocenters. The zero-order chi connectivity index (χ0) is 11.7. The van der Waals surface area contributed by atoms with Crippen LogP contribution in [0, 0.1) is 11.3 Å². The van der Waals surface area contributed by atoms with Crippen molar-refractivity contribution in [1.82, 2.24) is 10.2 Å². The van der Waals surface area contributed by atoms with E-state index in [2.05, 4.69) is 17.1 Å². The van der Waals surface area contributed by atoms with Crippen LogP contribution in [0.3, 0.4) is 0 Å². The third-order valence-corrected chi connectivity index (χ3v) is 5.35. The van der Waals surface area contributed by atoms with Crippen molar-refractivity contribution in [2.45, 2.75) is 57.9 Å². The van der Waals surface area contributed by atoms with Crippen LogP contribution in [0.25, 0.3) is 0 Å². The van der Waals surface area contributed by atoms with Gasteiger partial charge in [0.1, 0.15) is 0 Å². The zero-order valence-electron chi connectivity index (χ0n) is 11.4. The third kappa shape index (κ3) is 2.85. The molecule has 2 aliphatic carbocycles. The van der Waals surface area contributed by atoms with E-state index >= 15 is 0 Å². The maximum Gasteiger partial charge on any atom is 0.00799 e. The van der Waals surface area contributed by atoms with Crippen molar-refractivity contribution >= 4 is 0 Å². The zero-order valence-corrected chi connectivity index (χ0v) is 11.4. The van der Waals surface area contributed by atoms with Gasteiger partial charge in [-0.2, -0.15) is 0 Å². The summed E-state index contributed by atoms with van der Waals surface area (Å²) in [6.45, 7) is 7.49. The summed E-state index contributed by atoms with van der Waals surface area (Å²) >= 11 is 0. The Hall–Kier alpha value is -0.0800. The number of likely N-dealkylation sites (tertiary alicyclic amines) is 1. The van der Waals surface area contributed by atoms with Crippen LogP contribution in [0.15, 0.2) is 0 Å². The van der Waals surface area contributed by atoms with Crippen LogP contribution in [0.5, 0.6) is 0 Å². The van der Waals surface area contributed by atoms with Crippen molar-refractivity contribution in [3.05, 3.63) is 0 Å². The number of nitrogens with one attached hydrogen (secondary N) is 1. The van der Waals surface area contributed by atoms with Crippen LogP contribution in [0.1, 0.15) is 51.9 Å². The lowest BCUT2D eigenvalue weighted by molar-refractivity contribution is 0.294. The average molecular weight is 236 g/mol. The summed E-state index contributed by atoms with van der Waals surface area (Å²) < 4.78 is 0. The monoisotopic (exact) mass is 236 g/mol. The molecule has 1 atom stereocenters. The minimum Gasteiger partial charge on any atom is -0.313 e. The molecular weight excluding hydrogens is 208 g/mol. The second-order valence-corrected chi connectivity index (χ2v) is 6.58. The van der Waals surface area contributed by atoms with E-state index in [1.165, 1.54) is 71.1 Å². The molecule has 2 saturated carbocycles. The highest BCUT2D eigenvalue weighted by Gasteiger charge is 2.53. The second kappa shape index (κ2) is 4.89. The first-order valence-electron chi connectivity index (χ1n) is 7.78. The van der Waals surface area contributed by atoms with Gasteiger partial charge in [0, 0.05) is 12.6 Å². The van der Waals surface area contributed by atoms with E-state index in [4.69, 9.17) is 0 Å². The molecule has 1 aliphatic heterocycles. The minimum absolute atomic E-state index is 0.775. The van der Waals surface area contributed by atoms with Crippen LogP contribution in [0.4, 0.5) is 0 Å². The van der Waals surface area contributed by atoms with Gasteiger partial charge in [0.05, 0.1) is 0 Å². The molecule has 0 aromatic carbocycles. The predicted octanol–water partition coefficient (Wildman–Crippen LogP) is 2.64. The van der Waals surface area contributed by atoms with Crippen molar-refractivity contribution in [2.75, 3.05) is 26.2 Å². The van der Waals surface area contributed by atoms with Gasteiger partial charge in [0.15, 0.2) is 0 Å². The summed E-state index contributed by atoms with van der Waals surface area (Å²) in [5, 5.41) is 3.90. The summed E-state index contributed by atoms with van der Waals surface area (Å²) in [6.07, 6.45) is 10.2. The molecule has 0 aromatic heterocycles. The smallest absolute Gasteiger partial charge is 0.00799 e. The Labute approximate surface area is 106 Å². The summed E-state index contributed by atoms with van der Waals surface area (Å²) in [5.74, 6) is 1.10. The highest BCUT2D eigenvalue weighted by Crippen LogP contribution is 2.60. The fourth-order valence-electron chi connectivity index (χ4n) is 3.61. The van der Waals surface area contributed by atoms with Crippen LogP contribution in [-0.4, -0.2) is 37.1 Å². The largest absolute Gasteiger partial charge is 0.313 e. The van der Waals surface area contributed by atoms with Gasteiger partial charge in [-0.15, -0.1) is 0 Å². The van der Waals surface area contributed by atoms with Gasteiger partial charge in [0.25, 0.3) is 0 Å². The van der Waals surface area contributed by atoms with Gasteiger partial charge in [-0.05, 0) is 75.9 Å². The first-order valence-corrected chi connectivity index (χ1v) is 7.78. The molecule has 1 heterocycles. The minimum atomic E-state index is 0.775. The number of nitrogens with zero attached hydrogens (tertiary/aromatic N) is 1. The van der Waals surface area contributed by atoms with Crippen molar-refractivity contribution in [2.24, 2.45) is 11.3 Å². The first-order chi connectivity index (χ1) is 8.32. The molecular formula is C15H28N2. The van der Waals surface area contributed by atoms with Crippen molar-refractivity contribution in [3.63, 3.8) is 0 Å².